The van der Waals surface area contributed by atoms with Gasteiger partial charge in [0.2, 0.25) is 0 Å². The number of aromatic amines is 1. The van der Waals surface area contributed by atoms with Crippen molar-refractivity contribution in [2.45, 2.75) is 19.8 Å². The maximum Gasteiger partial charge on any atom is 0.364 e. The van der Waals surface area contributed by atoms with E-state index in [0.717, 1.165) is 35.4 Å². The van der Waals surface area contributed by atoms with E-state index in [1.807, 2.05) is 30.3 Å². The number of para-hydroxylation sites is 1. The molecule has 2 heterocycles. The molecule has 0 unspecified atom stereocenters. The molecular formula is C15H14N2O2. The third-order valence-electron chi connectivity index (χ3n) is 3.17. The lowest BCUT2D eigenvalue weighted by molar-refractivity contribution is 0.384. The van der Waals surface area contributed by atoms with Gasteiger partial charge in [-0.25, -0.2) is 9.95 Å². The first-order chi connectivity index (χ1) is 9.29. The molecule has 2 aromatic rings. The third kappa shape index (κ3) is 2.05. The predicted octanol–water partition coefficient (Wildman–Crippen LogP) is 3.18. The van der Waals surface area contributed by atoms with Gasteiger partial charge < -0.3 is 4.52 Å². The van der Waals surface area contributed by atoms with Gasteiger partial charge in [-0.3, -0.25) is 4.99 Å². The molecular weight excluding hydrogens is 240 g/mol. The molecule has 0 spiro atoms. The Hall–Kier alpha value is -2.36. The van der Waals surface area contributed by atoms with Crippen LogP contribution in [0.2, 0.25) is 0 Å². The van der Waals surface area contributed by atoms with Crippen LogP contribution in [0.3, 0.4) is 0 Å². The Bertz CT molecular complexity index is 720. The van der Waals surface area contributed by atoms with Crippen LogP contribution in [0.4, 0.5) is 5.69 Å². The summed E-state index contributed by atoms with van der Waals surface area (Å²) in [5.41, 5.74) is 4.04. The lowest BCUT2D eigenvalue weighted by Gasteiger charge is -1.98. The molecule has 1 aliphatic rings. The molecule has 0 atom stereocenters. The maximum atomic E-state index is 11.7. The molecule has 3 rings (SSSR count). The van der Waals surface area contributed by atoms with E-state index in [1.165, 1.54) is 0 Å². The number of aliphatic imine (C=N–C) groups is 1. The van der Waals surface area contributed by atoms with Gasteiger partial charge >= 0.3 is 5.63 Å². The largest absolute Gasteiger partial charge is 0.364 e. The normalized spacial score (nSPS) is 15.1. The third-order valence-corrected chi connectivity index (χ3v) is 3.17. The number of nitrogens with zero attached hydrogens (tertiary/aromatic N) is 1. The number of hydrogen-bond acceptors (Lipinski definition) is 3. The molecule has 96 valence electrons. The van der Waals surface area contributed by atoms with E-state index < -0.39 is 0 Å². The smallest absolute Gasteiger partial charge is 0.338 e. The highest BCUT2D eigenvalue weighted by Gasteiger charge is 2.14. The minimum atomic E-state index is -0.325. The number of aryl methyl sites for hydroxylation is 1. The van der Waals surface area contributed by atoms with Crippen LogP contribution in [0.15, 0.2) is 38.6 Å². The van der Waals surface area contributed by atoms with Crippen molar-refractivity contribution in [2.24, 2.45) is 4.99 Å². The van der Waals surface area contributed by atoms with Crippen molar-refractivity contribution in [3.05, 3.63) is 51.5 Å². The number of allylic oxidation sites excluding steroid dienone is 1. The second-order valence-corrected chi connectivity index (χ2v) is 4.51. The fourth-order valence-electron chi connectivity index (χ4n) is 2.23. The van der Waals surface area contributed by atoms with Gasteiger partial charge in [-0.15, -0.1) is 0 Å². The van der Waals surface area contributed by atoms with Crippen LogP contribution in [0, 0.1) is 0 Å². The van der Waals surface area contributed by atoms with Crippen molar-refractivity contribution < 1.29 is 4.52 Å². The second kappa shape index (κ2) is 4.72. The Kier molecular flexibility index (Phi) is 2.91. The highest BCUT2D eigenvalue weighted by atomic mass is 16.5. The highest BCUT2D eigenvalue weighted by molar-refractivity contribution is 6.21. The Morgan fingerprint density at radius 3 is 3.05 bits per heavy atom. The quantitative estimate of drug-likeness (QED) is 0.914. The topological polar surface area (TPSA) is 58.4 Å². The molecule has 0 radical (unpaired) electrons. The number of aromatic nitrogens is 1. The molecule has 1 aromatic heterocycles. The maximum absolute atomic E-state index is 11.7. The molecule has 0 saturated heterocycles. The first-order valence-corrected chi connectivity index (χ1v) is 6.35. The second-order valence-electron chi connectivity index (χ2n) is 4.51. The predicted molar refractivity (Wildman–Crippen MR) is 75.8 cm³/mol. The van der Waals surface area contributed by atoms with Crippen molar-refractivity contribution >= 4 is 23.6 Å². The Labute approximate surface area is 110 Å². The SMILES string of the molecule is CCCc1[nH]oc(=O)c1/C=C1\C=Nc2ccccc21. The highest BCUT2D eigenvalue weighted by Crippen LogP contribution is 2.32. The van der Waals surface area contributed by atoms with Gasteiger partial charge in [-0.1, -0.05) is 31.5 Å². The molecule has 0 aliphatic carbocycles. The molecule has 0 saturated carbocycles. The van der Waals surface area contributed by atoms with E-state index in [2.05, 4.69) is 17.1 Å². The van der Waals surface area contributed by atoms with E-state index in [-0.39, 0.29) is 5.63 Å². The number of benzene rings is 1. The van der Waals surface area contributed by atoms with E-state index in [1.54, 1.807) is 6.21 Å². The molecule has 4 heteroatoms. The molecule has 4 nitrogen and oxygen atoms in total. The summed E-state index contributed by atoms with van der Waals surface area (Å²) < 4.78 is 4.88. The van der Waals surface area contributed by atoms with E-state index in [4.69, 9.17) is 4.52 Å². The first-order valence-electron chi connectivity index (χ1n) is 6.35. The minimum Gasteiger partial charge on any atom is -0.338 e. The average molecular weight is 254 g/mol. The van der Waals surface area contributed by atoms with Gasteiger partial charge in [0, 0.05) is 17.4 Å². The van der Waals surface area contributed by atoms with Crippen molar-refractivity contribution in [1.82, 2.24) is 5.16 Å². The van der Waals surface area contributed by atoms with Crippen LogP contribution >= 0.6 is 0 Å². The summed E-state index contributed by atoms with van der Waals surface area (Å²) >= 11 is 0. The van der Waals surface area contributed by atoms with E-state index in [0.29, 0.717) is 5.56 Å². The molecule has 0 fully saturated rings. The molecule has 1 aromatic carbocycles. The summed E-state index contributed by atoms with van der Waals surface area (Å²) in [6, 6.07) is 7.88. The van der Waals surface area contributed by atoms with E-state index in [9.17, 15) is 4.79 Å². The summed E-state index contributed by atoms with van der Waals surface area (Å²) in [5.74, 6) is 0. The van der Waals surface area contributed by atoms with E-state index >= 15 is 0 Å². The van der Waals surface area contributed by atoms with Crippen molar-refractivity contribution in [2.75, 3.05) is 0 Å². The van der Waals surface area contributed by atoms with Crippen LogP contribution in [-0.2, 0) is 6.42 Å². The van der Waals surface area contributed by atoms with Crippen LogP contribution in [0.1, 0.15) is 30.2 Å². The fraction of sp³-hybridized carbons (Fsp3) is 0.200. The van der Waals surface area contributed by atoms with Crippen molar-refractivity contribution in [3.63, 3.8) is 0 Å². The van der Waals surface area contributed by atoms with Gasteiger partial charge in [0.05, 0.1) is 16.9 Å². The van der Waals surface area contributed by atoms with Gasteiger partial charge in [-0.05, 0) is 18.6 Å². The van der Waals surface area contributed by atoms with Gasteiger partial charge in [0.15, 0.2) is 0 Å². The van der Waals surface area contributed by atoms with Gasteiger partial charge in [0.1, 0.15) is 0 Å². The molecule has 19 heavy (non-hydrogen) atoms. The summed E-state index contributed by atoms with van der Waals surface area (Å²) in [7, 11) is 0. The van der Waals surface area contributed by atoms with Gasteiger partial charge in [0.25, 0.3) is 0 Å². The number of nitrogens with one attached hydrogen (secondary N) is 1. The fourth-order valence-corrected chi connectivity index (χ4v) is 2.23. The van der Waals surface area contributed by atoms with Crippen LogP contribution in [0.5, 0.6) is 0 Å². The first kappa shape index (κ1) is 11.7. The zero-order valence-electron chi connectivity index (χ0n) is 10.6. The minimum absolute atomic E-state index is 0.325. The Morgan fingerprint density at radius 1 is 1.37 bits per heavy atom. The Morgan fingerprint density at radius 2 is 2.21 bits per heavy atom. The van der Waals surface area contributed by atoms with Crippen LogP contribution < -0.4 is 5.63 Å². The number of hydrogen-bond donors (Lipinski definition) is 1. The van der Waals surface area contributed by atoms with Crippen LogP contribution in [0.25, 0.3) is 11.6 Å². The number of fused-ring (bicyclic) bond motifs is 1. The standard InChI is InChI=1S/C15H14N2O2/c1-2-5-14-12(15(18)19-17-14)8-10-9-16-13-7-4-3-6-11(10)13/h3-4,6-9,17H,2,5H2,1H3/b10-8+. The molecule has 1 N–H and O–H groups in total. The average Bonchev–Trinajstić information content (AvgIpc) is 2.98. The summed E-state index contributed by atoms with van der Waals surface area (Å²) in [6.07, 6.45) is 5.38. The molecule has 1 aliphatic heterocycles. The van der Waals surface area contributed by atoms with Crippen LogP contribution in [-0.4, -0.2) is 11.4 Å². The number of H-pyrrole nitrogens is 1. The molecule has 0 bridgehead atoms. The number of rotatable bonds is 3. The van der Waals surface area contributed by atoms with Crippen molar-refractivity contribution in [3.8, 4) is 0 Å². The Balaban J connectivity index is 2.07. The lowest BCUT2D eigenvalue weighted by Crippen LogP contribution is -1.99. The zero-order chi connectivity index (χ0) is 13.2. The zero-order valence-corrected chi connectivity index (χ0v) is 10.6. The summed E-state index contributed by atoms with van der Waals surface area (Å²) in [6.45, 7) is 2.06. The monoisotopic (exact) mass is 254 g/mol. The molecule has 0 amide bonds. The summed E-state index contributed by atoms with van der Waals surface area (Å²) in [4.78, 5) is 16.1. The van der Waals surface area contributed by atoms with Gasteiger partial charge in [-0.2, -0.15) is 0 Å². The summed E-state index contributed by atoms with van der Waals surface area (Å²) in [5, 5.41) is 2.70. The van der Waals surface area contributed by atoms with Crippen molar-refractivity contribution in [1.29, 1.82) is 0 Å². The lowest BCUT2D eigenvalue weighted by atomic mass is 10.0.